The third-order valence-corrected chi connectivity index (χ3v) is 6.65. The van der Waals surface area contributed by atoms with Crippen LogP contribution in [0.25, 0.3) is 0 Å². The van der Waals surface area contributed by atoms with Gasteiger partial charge in [0.25, 0.3) is 0 Å². The Morgan fingerprint density at radius 2 is 1.19 bits per heavy atom. The van der Waals surface area contributed by atoms with Gasteiger partial charge in [-0.15, -0.1) is 0 Å². The zero-order valence-electron chi connectivity index (χ0n) is 17.7. The van der Waals surface area contributed by atoms with Gasteiger partial charge < -0.3 is 18.9 Å². The lowest BCUT2D eigenvalue weighted by Crippen LogP contribution is -2.10. The van der Waals surface area contributed by atoms with Gasteiger partial charge in [-0.2, -0.15) is 0 Å². The average molecular weight is 439 g/mol. The smallest absolute Gasteiger partial charge is 0.145 e. The van der Waals surface area contributed by atoms with Crippen molar-refractivity contribution in [3.63, 3.8) is 0 Å². The maximum absolute atomic E-state index is 12.4. The highest BCUT2D eigenvalue weighted by molar-refractivity contribution is 7.99. The van der Waals surface area contributed by atoms with E-state index in [2.05, 4.69) is 13.2 Å². The molecule has 0 radical (unpaired) electrons. The molecule has 0 amide bonds. The van der Waals surface area contributed by atoms with E-state index in [0.717, 1.165) is 0 Å². The van der Waals surface area contributed by atoms with Gasteiger partial charge in [-0.05, 0) is 38.1 Å². The van der Waals surface area contributed by atoms with E-state index in [9.17, 15) is 9.59 Å². The molecule has 2 aliphatic heterocycles. The van der Waals surface area contributed by atoms with Crippen LogP contribution in [0, 0.1) is 0 Å². The lowest BCUT2D eigenvalue weighted by molar-refractivity contribution is -0.118. The third-order valence-electron chi connectivity index (χ3n) is 5.40. The van der Waals surface area contributed by atoms with Gasteiger partial charge in [0.15, 0.2) is 0 Å². The number of fused-ring (bicyclic) bond motifs is 2. The number of carbonyl (C=O) groups is 2. The Balaban J connectivity index is 1.95. The largest absolute Gasteiger partial charge is 0.496 e. The summed E-state index contributed by atoms with van der Waals surface area (Å²) < 4.78 is 22.8. The van der Waals surface area contributed by atoms with E-state index in [1.165, 1.54) is 25.6 Å². The van der Waals surface area contributed by atoms with Crippen molar-refractivity contribution >= 4 is 23.3 Å². The molecule has 2 atom stereocenters. The highest BCUT2D eigenvalue weighted by Gasteiger charge is 2.39. The van der Waals surface area contributed by atoms with E-state index in [1.54, 1.807) is 38.5 Å². The van der Waals surface area contributed by atoms with Crippen molar-refractivity contribution in [1.29, 1.82) is 0 Å². The van der Waals surface area contributed by atoms with E-state index < -0.39 is 11.8 Å². The number of hydrogen-bond acceptors (Lipinski definition) is 7. The van der Waals surface area contributed by atoms with Crippen molar-refractivity contribution in [1.82, 2.24) is 0 Å². The van der Waals surface area contributed by atoms with Gasteiger partial charge in [-0.3, -0.25) is 9.59 Å². The predicted octanol–water partition coefficient (Wildman–Crippen LogP) is 5.01. The van der Waals surface area contributed by atoms with E-state index in [0.29, 0.717) is 55.4 Å². The van der Waals surface area contributed by atoms with Crippen molar-refractivity contribution in [2.45, 2.75) is 35.5 Å². The molecule has 0 saturated carbocycles. The van der Waals surface area contributed by atoms with Crippen molar-refractivity contribution in [3.8, 4) is 23.0 Å². The lowest BCUT2D eigenvalue weighted by Gasteiger charge is -2.18. The average Bonchev–Trinajstić information content (AvgIpc) is 3.24. The van der Waals surface area contributed by atoms with Crippen molar-refractivity contribution < 1.29 is 28.5 Å². The van der Waals surface area contributed by atoms with Gasteiger partial charge >= 0.3 is 0 Å². The number of benzene rings is 2. The molecular weight excluding hydrogens is 416 g/mol. The van der Waals surface area contributed by atoms with Gasteiger partial charge in [0.2, 0.25) is 0 Å². The normalized spacial score (nSPS) is 18.7. The minimum Gasteiger partial charge on any atom is -0.496 e. The fraction of sp³-hybridized carbons (Fsp3) is 0.250. The quantitative estimate of drug-likeness (QED) is 0.628. The Morgan fingerprint density at radius 1 is 0.806 bits per heavy atom. The van der Waals surface area contributed by atoms with E-state index >= 15 is 0 Å². The minimum absolute atomic E-state index is 0.0811. The maximum atomic E-state index is 12.4. The summed E-state index contributed by atoms with van der Waals surface area (Å²) in [5, 5.41) is 0. The molecule has 2 heterocycles. The summed E-state index contributed by atoms with van der Waals surface area (Å²) in [6.45, 7) is 10.8. The number of ether oxygens (including phenoxy) is 4. The first-order valence-corrected chi connectivity index (χ1v) is 10.4. The van der Waals surface area contributed by atoms with Crippen molar-refractivity contribution in [3.05, 3.63) is 60.1 Å². The molecule has 2 aliphatic rings. The number of rotatable bonds is 6. The SMILES string of the molecule is C=C1Oc2ccc(OC)c(Sc3c(OC)ccc4c3C(C(C)=O)C(=C)O4)c2C1C(C)=O. The van der Waals surface area contributed by atoms with Gasteiger partial charge in [0, 0.05) is 11.1 Å². The fourth-order valence-electron chi connectivity index (χ4n) is 4.06. The summed E-state index contributed by atoms with van der Waals surface area (Å²) in [5.74, 6) is 1.64. The van der Waals surface area contributed by atoms with Crippen LogP contribution in [0.15, 0.2) is 58.7 Å². The van der Waals surface area contributed by atoms with Gasteiger partial charge in [0.1, 0.15) is 57.9 Å². The Bertz CT molecular complexity index is 1060. The van der Waals surface area contributed by atoms with Gasteiger partial charge in [-0.25, -0.2) is 0 Å². The van der Waals surface area contributed by atoms with Crippen LogP contribution in [-0.4, -0.2) is 25.8 Å². The number of carbonyl (C=O) groups excluding carboxylic acids is 2. The first kappa shape index (κ1) is 21.1. The summed E-state index contributed by atoms with van der Waals surface area (Å²) in [6.07, 6.45) is 0. The molecule has 0 fully saturated rings. The van der Waals surface area contributed by atoms with Crippen LogP contribution in [0.4, 0.5) is 0 Å². The number of hydrogen-bond donors (Lipinski definition) is 0. The molecule has 0 spiro atoms. The van der Waals surface area contributed by atoms with E-state index in [1.807, 2.05) is 0 Å². The second-order valence-corrected chi connectivity index (χ2v) is 8.36. The van der Waals surface area contributed by atoms with Crippen LogP contribution in [0.5, 0.6) is 23.0 Å². The van der Waals surface area contributed by atoms with Crippen molar-refractivity contribution in [2.75, 3.05) is 14.2 Å². The fourth-order valence-corrected chi connectivity index (χ4v) is 5.43. The summed E-state index contributed by atoms with van der Waals surface area (Å²) in [4.78, 5) is 26.3. The molecule has 7 heteroatoms. The van der Waals surface area contributed by atoms with Crippen LogP contribution in [0.3, 0.4) is 0 Å². The molecule has 2 aromatic rings. The van der Waals surface area contributed by atoms with E-state index in [-0.39, 0.29) is 11.6 Å². The second kappa shape index (κ2) is 7.81. The molecule has 2 unspecified atom stereocenters. The lowest BCUT2D eigenvalue weighted by atomic mass is 9.95. The molecule has 0 aromatic heterocycles. The van der Waals surface area contributed by atoms with Crippen molar-refractivity contribution in [2.24, 2.45) is 0 Å². The second-order valence-electron chi connectivity index (χ2n) is 7.34. The Morgan fingerprint density at radius 3 is 1.52 bits per heavy atom. The van der Waals surface area contributed by atoms with Gasteiger partial charge in [0.05, 0.1) is 24.0 Å². The number of methoxy groups -OCH3 is 2. The molecule has 0 N–H and O–H groups in total. The monoisotopic (exact) mass is 438 g/mol. The maximum Gasteiger partial charge on any atom is 0.145 e. The molecule has 2 aromatic carbocycles. The van der Waals surface area contributed by atoms with Crippen LogP contribution in [0.1, 0.15) is 36.8 Å². The zero-order valence-corrected chi connectivity index (χ0v) is 18.6. The molecule has 0 saturated heterocycles. The third kappa shape index (κ3) is 3.29. The zero-order chi connectivity index (χ0) is 22.4. The standard InChI is InChI=1S/C24H22O6S/c1-11(25)19-13(3)29-15-7-9-17(27-5)23(21(15)19)31-24-18(28-6)10-8-16-22(24)20(12(2)26)14(4)30-16/h7-10,19-20H,3-4H2,1-2,5-6H3. The highest BCUT2D eigenvalue weighted by atomic mass is 32.2. The minimum atomic E-state index is -0.606. The van der Waals surface area contributed by atoms with Crippen LogP contribution in [-0.2, 0) is 9.59 Å². The number of allylic oxidation sites excluding steroid dienone is 2. The van der Waals surface area contributed by atoms with Crippen LogP contribution >= 0.6 is 11.8 Å². The Labute approximate surface area is 184 Å². The van der Waals surface area contributed by atoms with E-state index in [4.69, 9.17) is 18.9 Å². The topological polar surface area (TPSA) is 71.1 Å². The molecule has 4 rings (SSSR count). The highest BCUT2D eigenvalue weighted by Crippen LogP contribution is 2.56. The summed E-state index contributed by atoms with van der Waals surface area (Å²) in [7, 11) is 3.13. The van der Waals surface area contributed by atoms with Crippen LogP contribution < -0.4 is 18.9 Å². The molecule has 0 aliphatic carbocycles. The first-order valence-electron chi connectivity index (χ1n) is 9.62. The number of Topliss-reactive ketones (excluding diaryl/α,β-unsaturated/α-hetero) is 2. The summed E-state index contributed by atoms with van der Waals surface area (Å²) in [6, 6.07) is 7.10. The molecule has 160 valence electrons. The summed E-state index contributed by atoms with van der Waals surface area (Å²) >= 11 is 1.35. The molecule has 0 bridgehead atoms. The molecular formula is C24H22O6S. The molecule has 31 heavy (non-hydrogen) atoms. The summed E-state index contributed by atoms with van der Waals surface area (Å²) in [5.41, 5.74) is 1.39. The Hall–Kier alpha value is -3.19. The van der Waals surface area contributed by atoms with Gasteiger partial charge in [-0.1, -0.05) is 24.9 Å². The molecule has 6 nitrogen and oxygen atoms in total. The van der Waals surface area contributed by atoms with Crippen LogP contribution in [0.2, 0.25) is 0 Å². The first-order chi connectivity index (χ1) is 14.8. The number of ketones is 2. The predicted molar refractivity (Wildman–Crippen MR) is 116 cm³/mol. The Kier molecular flexibility index (Phi) is 5.31.